The molecular formula is C9H19NO2. The first-order valence-electron chi connectivity index (χ1n) is 4.66. The van der Waals surface area contributed by atoms with E-state index in [0.29, 0.717) is 12.3 Å². The van der Waals surface area contributed by atoms with Gasteiger partial charge in [-0.1, -0.05) is 13.3 Å². The molecule has 0 aliphatic heterocycles. The number of hydrogen-bond donors (Lipinski definition) is 3. The van der Waals surface area contributed by atoms with Crippen LogP contribution in [0, 0.1) is 5.92 Å². The summed E-state index contributed by atoms with van der Waals surface area (Å²) < 4.78 is 0. The Morgan fingerprint density at radius 2 is 2.33 bits per heavy atom. The van der Waals surface area contributed by atoms with Gasteiger partial charge >= 0.3 is 0 Å². The van der Waals surface area contributed by atoms with Crippen molar-refractivity contribution in [3.63, 3.8) is 0 Å². The largest absolute Gasteiger partial charge is 0.394 e. The van der Waals surface area contributed by atoms with Crippen molar-refractivity contribution in [1.82, 2.24) is 0 Å². The second kappa shape index (κ2) is 3.73. The third-order valence-electron chi connectivity index (χ3n) is 3.09. The van der Waals surface area contributed by atoms with Gasteiger partial charge in [-0.3, -0.25) is 0 Å². The summed E-state index contributed by atoms with van der Waals surface area (Å²) >= 11 is 0. The molecule has 0 spiro atoms. The van der Waals surface area contributed by atoms with Crippen molar-refractivity contribution in [2.75, 3.05) is 6.61 Å². The highest BCUT2D eigenvalue weighted by atomic mass is 16.3. The van der Waals surface area contributed by atoms with Crippen LogP contribution in [-0.4, -0.2) is 28.5 Å². The molecule has 0 aromatic heterocycles. The predicted octanol–water partition coefficient (Wildman–Crippen LogP) is 0.247. The van der Waals surface area contributed by atoms with Crippen LogP contribution in [0.3, 0.4) is 0 Å². The van der Waals surface area contributed by atoms with E-state index in [0.717, 1.165) is 19.3 Å². The first-order valence-corrected chi connectivity index (χ1v) is 4.66. The molecule has 0 heterocycles. The van der Waals surface area contributed by atoms with Gasteiger partial charge in [0.2, 0.25) is 0 Å². The summed E-state index contributed by atoms with van der Waals surface area (Å²) in [5, 5.41) is 18.0. The maximum Gasteiger partial charge on any atom is 0.0788 e. The first kappa shape index (κ1) is 9.96. The van der Waals surface area contributed by atoms with Gasteiger partial charge in [-0.2, -0.15) is 0 Å². The van der Waals surface area contributed by atoms with E-state index >= 15 is 0 Å². The molecular weight excluding hydrogens is 154 g/mol. The van der Waals surface area contributed by atoms with Crippen LogP contribution in [0.2, 0.25) is 0 Å². The lowest BCUT2D eigenvalue weighted by molar-refractivity contribution is 0.0615. The number of hydrogen-bond acceptors (Lipinski definition) is 3. The summed E-state index contributed by atoms with van der Waals surface area (Å²) in [4.78, 5) is 0. The maximum absolute atomic E-state index is 9.27. The van der Waals surface area contributed by atoms with Crippen molar-refractivity contribution in [2.45, 2.75) is 44.2 Å². The summed E-state index contributed by atoms with van der Waals surface area (Å²) in [6.07, 6.45) is 3.16. The SMILES string of the molecule is CC1CCCC1(N)CC(O)CO. The Kier molecular flexibility index (Phi) is 3.09. The van der Waals surface area contributed by atoms with Crippen LogP contribution in [0.5, 0.6) is 0 Å². The minimum atomic E-state index is -0.643. The van der Waals surface area contributed by atoms with Crippen LogP contribution in [0.25, 0.3) is 0 Å². The van der Waals surface area contributed by atoms with E-state index in [2.05, 4.69) is 6.92 Å². The molecule has 1 aliphatic carbocycles. The highest BCUT2D eigenvalue weighted by Crippen LogP contribution is 2.36. The van der Waals surface area contributed by atoms with Gasteiger partial charge in [-0.05, 0) is 25.2 Å². The van der Waals surface area contributed by atoms with E-state index in [1.54, 1.807) is 0 Å². The third-order valence-corrected chi connectivity index (χ3v) is 3.09. The van der Waals surface area contributed by atoms with Gasteiger partial charge in [0.1, 0.15) is 0 Å². The molecule has 3 atom stereocenters. The molecule has 72 valence electrons. The van der Waals surface area contributed by atoms with Crippen LogP contribution in [-0.2, 0) is 0 Å². The van der Waals surface area contributed by atoms with E-state index in [-0.39, 0.29) is 12.1 Å². The molecule has 4 N–H and O–H groups in total. The number of nitrogens with two attached hydrogens (primary N) is 1. The van der Waals surface area contributed by atoms with Gasteiger partial charge in [0, 0.05) is 5.54 Å². The van der Waals surface area contributed by atoms with Crippen LogP contribution in [0.15, 0.2) is 0 Å². The molecule has 0 saturated heterocycles. The summed E-state index contributed by atoms with van der Waals surface area (Å²) in [5.41, 5.74) is 5.87. The lowest BCUT2D eigenvalue weighted by atomic mass is 9.84. The maximum atomic E-state index is 9.27. The molecule has 12 heavy (non-hydrogen) atoms. The van der Waals surface area contributed by atoms with Gasteiger partial charge in [0.05, 0.1) is 12.7 Å². The molecule has 1 saturated carbocycles. The van der Waals surface area contributed by atoms with Gasteiger partial charge < -0.3 is 15.9 Å². The zero-order chi connectivity index (χ0) is 9.19. The van der Waals surface area contributed by atoms with Gasteiger partial charge in [0.25, 0.3) is 0 Å². The Morgan fingerprint density at radius 3 is 2.75 bits per heavy atom. The number of aliphatic hydroxyl groups excluding tert-OH is 2. The van der Waals surface area contributed by atoms with E-state index in [1.807, 2.05) is 0 Å². The van der Waals surface area contributed by atoms with E-state index < -0.39 is 6.10 Å². The van der Waals surface area contributed by atoms with Crippen LogP contribution >= 0.6 is 0 Å². The molecule has 3 nitrogen and oxygen atoms in total. The van der Waals surface area contributed by atoms with Crippen molar-refractivity contribution >= 4 is 0 Å². The fourth-order valence-corrected chi connectivity index (χ4v) is 2.08. The van der Waals surface area contributed by atoms with Gasteiger partial charge in [-0.25, -0.2) is 0 Å². The molecule has 1 rings (SSSR count). The Labute approximate surface area is 73.6 Å². The second-order valence-electron chi connectivity index (χ2n) is 4.07. The molecule has 3 unspecified atom stereocenters. The van der Waals surface area contributed by atoms with Crippen molar-refractivity contribution in [2.24, 2.45) is 11.7 Å². The summed E-state index contributed by atoms with van der Waals surface area (Å²) in [6, 6.07) is 0. The first-order chi connectivity index (χ1) is 5.58. The minimum Gasteiger partial charge on any atom is -0.394 e. The van der Waals surface area contributed by atoms with Crippen molar-refractivity contribution in [1.29, 1.82) is 0 Å². The molecule has 0 amide bonds. The molecule has 0 radical (unpaired) electrons. The molecule has 1 fully saturated rings. The zero-order valence-corrected chi connectivity index (χ0v) is 7.66. The molecule has 0 aromatic carbocycles. The van der Waals surface area contributed by atoms with E-state index in [1.165, 1.54) is 0 Å². The summed E-state index contributed by atoms with van der Waals surface area (Å²) in [7, 11) is 0. The van der Waals surface area contributed by atoms with Crippen molar-refractivity contribution < 1.29 is 10.2 Å². The zero-order valence-electron chi connectivity index (χ0n) is 7.66. The molecule has 3 heteroatoms. The highest BCUT2D eigenvalue weighted by Gasteiger charge is 2.37. The summed E-state index contributed by atoms with van der Waals surface area (Å²) in [6.45, 7) is 1.95. The lowest BCUT2D eigenvalue weighted by Crippen LogP contribution is -2.45. The lowest BCUT2D eigenvalue weighted by Gasteiger charge is -2.30. The van der Waals surface area contributed by atoms with Gasteiger partial charge in [0.15, 0.2) is 0 Å². The Hall–Kier alpha value is -0.120. The van der Waals surface area contributed by atoms with Crippen LogP contribution < -0.4 is 5.73 Å². The van der Waals surface area contributed by atoms with Crippen molar-refractivity contribution in [3.05, 3.63) is 0 Å². The second-order valence-corrected chi connectivity index (χ2v) is 4.07. The summed E-state index contributed by atoms with van der Waals surface area (Å²) in [5.74, 6) is 0.471. The predicted molar refractivity (Wildman–Crippen MR) is 47.6 cm³/mol. The molecule has 0 aromatic rings. The Morgan fingerprint density at radius 1 is 1.67 bits per heavy atom. The smallest absolute Gasteiger partial charge is 0.0788 e. The Balaban J connectivity index is 2.47. The standard InChI is InChI=1S/C9H19NO2/c1-7-3-2-4-9(7,10)5-8(12)6-11/h7-8,11-12H,2-6,10H2,1H3. The topological polar surface area (TPSA) is 66.5 Å². The fourth-order valence-electron chi connectivity index (χ4n) is 2.08. The van der Waals surface area contributed by atoms with Crippen molar-refractivity contribution in [3.8, 4) is 0 Å². The molecule has 0 bridgehead atoms. The third kappa shape index (κ3) is 1.97. The highest BCUT2D eigenvalue weighted by molar-refractivity contribution is 4.95. The van der Waals surface area contributed by atoms with Crippen LogP contribution in [0.4, 0.5) is 0 Å². The monoisotopic (exact) mass is 173 g/mol. The van der Waals surface area contributed by atoms with Crippen LogP contribution in [0.1, 0.15) is 32.6 Å². The minimum absolute atomic E-state index is 0.175. The number of aliphatic hydroxyl groups is 2. The van der Waals surface area contributed by atoms with E-state index in [4.69, 9.17) is 10.8 Å². The average molecular weight is 173 g/mol. The average Bonchev–Trinajstić information content (AvgIpc) is 2.32. The van der Waals surface area contributed by atoms with E-state index in [9.17, 15) is 5.11 Å². The van der Waals surface area contributed by atoms with Gasteiger partial charge in [-0.15, -0.1) is 0 Å². The quantitative estimate of drug-likeness (QED) is 0.573. The normalized spacial score (nSPS) is 38.5. The molecule has 1 aliphatic rings. The Bertz CT molecular complexity index is 151. The fraction of sp³-hybridized carbons (Fsp3) is 1.00. The number of rotatable bonds is 3.